The second kappa shape index (κ2) is 10.0. The quantitative estimate of drug-likeness (QED) is 0.712. The largest absolute Gasteiger partial charge is 0.486 e. The Balaban J connectivity index is 1.29. The lowest BCUT2D eigenvalue weighted by atomic mass is 10.2. The highest BCUT2D eigenvalue weighted by atomic mass is 16.6. The van der Waals surface area contributed by atoms with E-state index in [1.165, 1.54) is 18.9 Å². The lowest BCUT2D eigenvalue weighted by molar-refractivity contribution is -0.111. The molecule has 0 radical (unpaired) electrons. The van der Waals surface area contributed by atoms with Crippen LogP contribution in [0.3, 0.4) is 0 Å². The molecule has 162 valence electrons. The van der Waals surface area contributed by atoms with E-state index in [4.69, 9.17) is 9.47 Å². The van der Waals surface area contributed by atoms with Crippen molar-refractivity contribution in [1.29, 1.82) is 0 Å². The Morgan fingerprint density at radius 3 is 2.16 bits per heavy atom. The van der Waals surface area contributed by atoms with Crippen molar-refractivity contribution < 1.29 is 19.1 Å². The van der Waals surface area contributed by atoms with Crippen LogP contribution in [-0.2, 0) is 4.79 Å². The summed E-state index contributed by atoms with van der Waals surface area (Å²) in [7, 11) is 0. The van der Waals surface area contributed by atoms with Gasteiger partial charge in [0.15, 0.2) is 11.5 Å². The van der Waals surface area contributed by atoms with Crippen molar-refractivity contribution in [3.05, 3.63) is 54.1 Å². The third-order valence-corrected chi connectivity index (χ3v) is 5.29. The molecule has 31 heavy (non-hydrogen) atoms. The number of benzene rings is 2. The topological polar surface area (TPSA) is 79.9 Å². The van der Waals surface area contributed by atoms with Gasteiger partial charge in [-0.05, 0) is 60.9 Å². The summed E-state index contributed by atoms with van der Waals surface area (Å²) in [5.74, 6) is 1.17. The van der Waals surface area contributed by atoms with Gasteiger partial charge in [0, 0.05) is 30.5 Å². The SMILES string of the molecule is O=C(/C=C/c1ccc2c(c1)OCCO2)Nc1ccc(NC(=O)N2CCCCCC2)cc1. The molecule has 2 aliphatic heterocycles. The van der Waals surface area contributed by atoms with Gasteiger partial charge < -0.3 is 25.0 Å². The number of likely N-dealkylation sites (tertiary alicyclic amines) is 1. The van der Waals surface area contributed by atoms with Crippen molar-refractivity contribution in [2.24, 2.45) is 0 Å². The van der Waals surface area contributed by atoms with E-state index in [-0.39, 0.29) is 11.9 Å². The van der Waals surface area contributed by atoms with Gasteiger partial charge in [0.25, 0.3) is 0 Å². The van der Waals surface area contributed by atoms with E-state index in [0.717, 1.165) is 37.2 Å². The highest BCUT2D eigenvalue weighted by Gasteiger charge is 2.15. The molecular formula is C24H27N3O4. The number of fused-ring (bicyclic) bond motifs is 1. The predicted molar refractivity (Wildman–Crippen MR) is 121 cm³/mol. The number of hydrogen-bond donors (Lipinski definition) is 2. The molecule has 7 nitrogen and oxygen atoms in total. The second-order valence-electron chi connectivity index (χ2n) is 7.63. The van der Waals surface area contributed by atoms with E-state index in [2.05, 4.69) is 10.6 Å². The van der Waals surface area contributed by atoms with Gasteiger partial charge in [0.05, 0.1) is 0 Å². The van der Waals surface area contributed by atoms with Crippen LogP contribution >= 0.6 is 0 Å². The van der Waals surface area contributed by atoms with Crippen LogP contribution in [0.15, 0.2) is 48.5 Å². The summed E-state index contributed by atoms with van der Waals surface area (Å²) >= 11 is 0. The number of urea groups is 1. The molecule has 4 rings (SSSR count). The average Bonchev–Trinajstić information content (AvgIpc) is 3.09. The maximum Gasteiger partial charge on any atom is 0.321 e. The Kier molecular flexibility index (Phi) is 6.72. The molecule has 0 saturated carbocycles. The van der Waals surface area contributed by atoms with Crippen LogP contribution in [0.4, 0.5) is 16.2 Å². The number of carbonyl (C=O) groups is 2. The molecule has 3 amide bonds. The number of ether oxygens (including phenoxy) is 2. The molecule has 2 N–H and O–H groups in total. The molecule has 2 aromatic rings. The van der Waals surface area contributed by atoms with Gasteiger partial charge in [0.2, 0.25) is 5.91 Å². The maximum atomic E-state index is 12.4. The molecular weight excluding hydrogens is 394 g/mol. The van der Waals surface area contributed by atoms with Gasteiger partial charge in [0.1, 0.15) is 13.2 Å². The minimum Gasteiger partial charge on any atom is -0.486 e. The summed E-state index contributed by atoms with van der Waals surface area (Å²) in [5, 5.41) is 5.75. The number of amides is 3. The standard InChI is InChI=1S/C24H27N3O4/c28-23(12-6-18-5-11-21-22(17-18)31-16-15-30-21)25-19-7-9-20(10-8-19)26-24(29)27-13-3-1-2-4-14-27/h5-12,17H,1-4,13-16H2,(H,25,28)(H,26,29)/b12-6+. The highest BCUT2D eigenvalue weighted by molar-refractivity contribution is 6.02. The van der Waals surface area contributed by atoms with Gasteiger partial charge in [-0.15, -0.1) is 0 Å². The van der Waals surface area contributed by atoms with Gasteiger partial charge >= 0.3 is 6.03 Å². The molecule has 2 aliphatic rings. The first-order valence-electron chi connectivity index (χ1n) is 10.7. The minimum absolute atomic E-state index is 0.0685. The van der Waals surface area contributed by atoms with E-state index in [9.17, 15) is 9.59 Å². The van der Waals surface area contributed by atoms with Crippen LogP contribution in [-0.4, -0.2) is 43.1 Å². The number of nitrogens with zero attached hydrogens (tertiary/aromatic N) is 1. The van der Waals surface area contributed by atoms with Crippen molar-refractivity contribution in [3.63, 3.8) is 0 Å². The van der Waals surface area contributed by atoms with Gasteiger partial charge in [-0.1, -0.05) is 18.9 Å². The van der Waals surface area contributed by atoms with Crippen LogP contribution in [0.2, 0.25) is 0 Å². The normalized spacial score (nSPS) is 15.9. The van der Waals surface area contributed by atoms with Crippen LogP contribution < -0.4 is 20.1 Å². The third kappa shape index (κ3) is 5.78. The Labute approximate surface area is 182 Å². The Hall–Kier alpha value is -3.48. The van der Waals surface area contributed by atoms with Gasteiger partial charge in [-0.3, -0.25) is 4.79 Å². The Bertz CT molecular complexity index is 948. The first-order chi connectivity index (χ1) is 15.2. The summed E-state index contributed by atoms with van der Waals surface area (Å²) in [6.07, 6.45) is 7.67. The number of hydrogen-bond acceptors (Lipinski definition) is 4. The number of anilines is 2. The van der Waals surface area contributed by atoms with Gasteiger partial charge in [-0.25, -0.2) is 4.79 Å². The Morgan fingerprint density at radius 1 is 0.806 bits per heavy atom. The first-order valence-corrected chi connectivity index (χ1v) is 10.7. The fourth-order valence-corrected chi connectivity index (χ4v) is 3.63. The Morgan fingerprint density at radius 2 is 1.45 bits per heavy atom. The molecule has 1 saturated heterocycles. The molecule has 0 aliphatic carbocycles. The van der Waals surface area contributed by atoms with Crippen molar-refractivity contribution in [2.75, 3.05) is 36.9 Å². The van der Waals surface area contributed by atoms with Crippen LogP contribution in [0.25, 0.3) is 6.08 Å². The fraction of sp³-hybridized carbons (Fsp3) is 0.333. The van der Waals surface area contributed by atoms with E-state index < -0.39 is 0 Å². The van der Waals surface area contributed by atoms with Crippen LogP contribution in [0.5, 0.6) is 11.5 Å². The first kappa shape index (κ1) is 20.8. The summed E-state index contributed by atoms with van der Waals surface area (Å²) in [6.45, 7) is 2.67. The number of carbonyl (C=O) groups excluding carboxylic acids is 2. The van der Waals surface area contributed by atoms with Crippen molar-refractivity contribution in [1.82, 2.24) is 4.90 Å². The van der Waals surface area contributed by atoms with Crippen molar-refractivity contribution >= 4 is 29.4 Å². The predicted octanol–water partition coefficient (Wildman–Crippen LogP) is 4.52. The van der Waals surface area contributed by atoms with Crippen LogP contribution in [0, 0.1) is 0 Å². The molecule has 7 heteroatoms. The fourth-order valence-electron chi connectivity index (χ4n) is 3.63. The molecule has 0 aromatic heterocycles. The van der Waals surface area contributed by atoms with E-state index in [1.54, 1.807) is 30.3 Å². The summed E-state index contributed by atoms with van der Waals surface area (Å²) in [4.78, 5) is 26.5. The van der Waals surface area contributed by atoms with E-state index >= 15 is 0 Å². The maximum absolute atomic E-state index is 12.4. The lowest BCUT2D eigenvalue weighted by Crippen LogP contribution is -2.35. The average molecular weight is 421 g/mol. The zero-order chi connectivity index (χ0) is 21.5. The number of nitrogens with one attached hydrogen (secondary N) is 2. The highest BCUT2D eigenvalue weighted by Crippen LogP contribution is 2.31. The number of rotatable bonds is 4. The van der Waals surface area contributed by atoms with Gasteiger partial charge in [-0.2, -0.15) is 0 Å². The van der Waals surface area contributed by atoms with Crippen molar-refractivity contribution in [3.8, 4) is 11.5 Å². The molecule has 0 spiro atoms. The summed E-state index contributed by atoms with van der Waals surface area (Å²) in [6, 6.07) is 12.6. The molecule has 0 atom stereocenters. The molecule has 0 unspecified atom stereocenters. The lowest BCUT2D eigenvalue weighted by Gasteiger charge is -2.20. The van der Waals surface area contributed by atoms with Crippen molar-refractivity contribution in [2.45, 2.75) is 25.7 Å². The van der Waals surface area contributed by atoms with Crippen LogP contribution in [0.1, 0.15) is 31.2 Å². The zero-order valence-electron chi connectivity index (χ0n) is 17.4. The minimum atomic E-state index is -0.240. The summed E-state index contributed by atoms with van der Waals surface area (Å²) in [5.41, 5.74) is 2.22. The third-order valence-electron chi connectivity index (χ3n) is 5.29. The molecule has 2 aromatic carbocycles. The molecule has 1 fully saturated rings. The van der Waals surface area contributed by atoms with E-state index in [0.29, 0.717) is 30.3 Å². The molecule has 0 bridgehead atoms. The summed E-state index contributed by atoms with van der Waals surface area (Å²) < 4.78 is 11.1. The molecule has 2 heterocycles. The smallest absolute Gasteiger partial charge is 0.321 e. The second-order valence-corrected chi connectivity index (χ2v) is 7.63. The monoisotopic (exact) mass is 421 g/mol. The zero-order valence-corrected chi connectivity index (χ0v) is 17.4. The van der Waals surface area contributed by atoms with E-state index in [1.807, 2.05) is 23.1 Å².